The Morgan fingerprint density at radius 2 is 1.74 bits per heavy atom. The predicted octanol–water partition coefficient (Wildman–Crippen LogP) is 3.53. The highest BCUT2D eigenvalue weighted by Gasteiger charge is 2.32. The van der Waals surface area contributed by atoms with Crippen molar-refractivity contribution >= 4 is 22.1 Å². The van der Waals surface area contributed by atoms with Crippen LogP contribution in [-0.2, 0) is 0 Å². The van der Waals surface area contributed by atoms with Crippen LogP contribution in [0.15, 0.2) is 30.3 Å². The van der Waals surface area contributed by atoms with Gasteiger partial charge in [-0.3, -0.25) is 20.2 Å². The lowest BCUT2D eigenvalue weighted by Gasteiger charge is -2.05. The van der Waals surface area contributed by atoms with Crippen LogP contribution in [-0.4, -0.2) is 9.85 Å². The van der Waals surface area contributed by atoms with Crippen molar-refractivity contribution in [1.29, 1.82) is 0 Å². The smallest absolute Gasteiger partial charge is 0.258 e. The molecule has 0 aromatic heterocycles. The summed E-state index contributed by atoms with van der Waals surface area (Å²) in [6.45, 7) is 0. The fourth-order valence-electron chi connectivity index (χ4n) is 2.36. The molecule has 0 N–H and O–H groups in total. The van der Waals surface area contributed by atoms with Gasteiger partial charge in [-0.05, 0) is 30.2 Å². The molecule has 0 unspecified atom stereocenters. The fraction of sp³-hybridized carbons (Fsp3) is 0.231. The highest BCUT2D eigenvalue weighted by atomic mass is 16.6. The third-order valence-corrected chi connectivity index (χ3v) is 3.42. The summed E-state index contributed by atoms with van der Waals surface area (Å²) in [6, 6.07) is 7.60. The molecule has 0 saturated heterocycles. The molecule has 0 aliphatic heterocycles. The van der Waals surface area contributed by atoms with Crippen LogP contribution >= 0.6 is 0 Å². The highest BCUT2D eigenvalue weighted by Crippen LogP contribution is 2.46. The molecule has 1 fully saturated rings. The minimum Gasteiger partial charge on any atom is -0.258 e. The van der Waals surface area contributed by atoms with Crippen molar-refractivity contribution in [2.24, 2.45) is 0 Å². The molecule has 1 saturated carbocycles. The second kappa shape index (κ2) is 4.01. The zero-order valence-electron chi connectivity index (χ0n) is 9.91. The van der Waals surface area contributed by atoms with Crippen LogP contribution in [0.3, 0.4) is 0 Å². The molecule has 2 aromatic carbocycles. The van der Waals surface area contributed by atoms with Crippen LogP contribution in [0.2, 0.25) is 0 Å². The van der Waals surface area contributed by atoms with Gasteiger partial charge in [0.2, 0.25) is 0 Å². The number of non-ortho nitro benzene ring substituents is 1. The summed E-state index contributed by atoms with van der Waals surface area (Å²) < 4.78 is 0. The molecule has 0 bridgehead atoms. The van der Waals surface area contributed by atoms with E-state index in [-0.39, 0.29) is 22.2 Å². The Balaban J connectivity index is 2.27. The zero-order valence-corrected chi connectivity index (χ0v) is 9.91. The van der Waals surface area contributed by atoms with Gasteiger partial charge in [0, 0.05) is 17.7 Å². The van der Waals surface area contributed by atoms with Gasteiger partial charge in [-0.25, -0.2) is 0 Å². The van der Waals surface area contributed by atoms with Gasteiger partial charge in [-0.2, -0.15) is 0 Å². The van der Waals surface area contributed by atoms with Gasteiger partial charge in [0.25, 0.3) is 11.4 Å². The molecule has 6 nitrogen and oxygen atoms in total. The quantitative estimate of drug-likeness (QED) is 0.622. The van der Waals surface area contributed by atoms with E-state index in [1.165, 1.54) is 18.2 Å². The topological polar surface area (TPSA) is 86.3 Å². The number of nitro groups is 2. The van der Waals surface area contributed by atoms with E-state index in [4.69, 9.17) is 0 Å². The van der Waals surface area contributed by atoms with E-state index >= 15 is 0 Å². The average molecular weight is 258 g/mol. The standard InChI is InChI=1S/C13H10N2O4/c16-14(17)10-4-6-12-9(7-10)3-5-11(8-1-2-8)13(12)15(18)19/h3-8H,1-2H2. The summed E-state index contributed by atoms with van der Waals surface area (Å²) in [5.41, 5.74) is 0.780. The molecule has 1 aliphatic rings. The van der Waals surface area contributed by atoms with Crippen LogP contribution < -0.4 is 0 Å². The molecule has 0 radical (unpaired) electrons. The summed E-state index contributed by atoms with van der Waals surface area (Å²) >= 11 is 0. The minimum absolute atomic E-state index is 0.0547. The maximum Gasteiger partial charge on any atom is 0.280 e. The van der Waals surface area contributed by atoms with Gasteiger partial charge in [0.15, 0.2) is 0 Å². The van der Waals surface area contributed by atoms with Crippen LogP contribution in [0.25, 0.3) is 10.8 Å². The number of hydrogen-bond acceptors (Lipinski definition) is 4. The van der Waals surface area contributed by atoms with Crippen LogP contribution in [0.4, 0.5) is 11.4 Å². The molecule has 6 heteroatoms. The molecule has 0 spiro atoms. The SMILES string of the molecule is O=[N+]([O-])c1ccc2c([N+](=O)[O-])c(C3CC3)ccc2c1. The van der Waals surface area contributed by atoms with E-state index in [0.717, 1.165) is 18.4 Å². The third kappa shape index (κ3) is 1.91. The molecular weight excluding hydrogens is 248 g/mol. The minimum atomic E-state index is -0.500. The molecule has 3 rings (SSSR count). The second-order valence-corrected chi connectivity index (χ2v) is 4.70. The Morgan fingerprint density at radius 3 is 2.32 bits per heavy atom. The van der Waals surface area contributed by atoms with Gasteiger partial charge in [-0.1, -0.05) is 12.1 Å². The second-order valence-electron chi connectivity index (χ2n) is 4.70. The van der Waals surface area contributed by atoms with E-state index in [0.29, 0.717) is 10.8 Å². The van der Waals surface area contributed by atoms with Crippen molar-refractivity contribution in [2.75, 3.05) is 0 Å². The van der Waals surface area contributed by atoms with Gasteiger partial charge in [-0.15, -0.1) is 0 Å². The number of nitro benzene ring substituents is 2. The van der Waals surface area contributed by atoms with Crippen molar-refractivity contribution in [3.63, 3.8) is 0 Å². The Labute approximate surface area is 108 Å². The van der Waals surface area contributed by atoms with E-state index in [9.17, 15) is 20.2 Å². The molecule has 96 valence electrons. The number of nitrogens with zero attached hydrogens (tertiary/aromatic N) is 2. The Kier molecular flexibility index (Phi) is 2.45. The third-order valence-electron chi connectivity index (χ3n) is 3.42. The monoisotopic (exact) mass is 258 g/mol. The number of rotatable bonds is 3. The van der Waals surface area contributed by atoms with Gasteiger partial charge in [0.05, 0.1) is 15.2 Å². The van der Waals surface area contributed by atoms with Crippen LogP contribution in [0.5, 0.6) is 0 Å². The summed E-state index contributed by atoms with van der Waals surface area (Å²) in [6.07, 6.45) is 1.94. The molecule has 0 atom stereocenters. The molecule has 0 amide bonds. The maximum atomic E-state index is 11.3. The lowest BCUT2D eigenvalue weighted by molar-refractivity contribution is -0.385. The Bertz CT molecular complexity index is 707. The first kappa shape index (κ1) is 11.6. The highest BCUT2D eigenvalue weighted by molar-refractivity contribution is 5.94. The first-order chi connectivity index (χ1) is 9.08. The number of hydrogen-bond donors (Lipinski definition) is 0. The van der Waals surface area contributed by atoms with Crippen molar-refractivity contribution < 1.29 is 9.85 Å². The molecular formula is C13H10N2O4. The van der Waals surface area contributed by atoms with Crippen LogP contribution in [0.1, 0.15) is 24.3 Å². The van der Waals surface area contributed by atoms with Crippen molar-refractivity contribution in [3.05, 3.63) is 56.1 Å². The summed E-state index contributed by atoms with van der Waals surface area (Å²) in [5.74, 6) is 0.264. The Hall–Kier alpha value is -2.50. The lowest BCUT2D eigenvalue weighted by Crippen LogP contribution is -1.96. The van der Waals surface area contributed by atoms with Crippen molar-refractivity contribution in [3.8, 4) is 0 Å². The molecule has 19 heavy (non-hydrogen) atoms. The molecule has 2 aromatic rings. The van der Waals surface area contributed by atoms with Crippen LogP contribution in [0, 0.1) is 20.2 Å². The maximum absolute atomic E-state index is 11.3. The fourth-order valence-corrected chi connectivity index (χ4v) is 2.36. The molecule has 0 heterocycles. The summed E-state index contributed by atoms with van der Waals surface area (Å²) in [7, 11) is 0. The van der Waals surface area contributed by atoms with E-state index in [2.05, 4.69) is 0 Å². The Morgan fingerprint density at radius 1 is 1.00 bits per heavy atom. The average Bonchev–Trinajstić information content (AvgIpc) is 3.20. The first-order valence-electron chi connectivity index (χ1n) is 5.93. The van der Waals surface area contributed by atoms with Gasteiger partial charge >= 0.3 is 0 Å². The first-order valence-corrected chi connectivity index (χ1v) is 5.93. The zero-order chi connectivity index (χ0) is 13.6. The number of fused-ring (bicyclic) bond motifs is 1. The largest absolute Gasteiger partial charge is 0.280 e. The van der Waals surface area contributed by atoms with Gasteiger partial charge in [0.1, 0.15) is 0 Å². The van der Waals surface area contributed by atoms with Gasteiger partial charge < -0.3 is 0 Å². The molecule has 1 aliphatic carbocycles. The lowest BCUT2D eigenvalue weighted by atomic mass is 10.0. The number of benzene rings is 2. The summed E-state index contributed by atoms with van der Waals surface area (Å²) in [5, 5.41) is 23.0. The normalized spacial score (nSPS) is 14.5. The van der Waals surface area contributed by atoms with E-state index in [1.54, 1.807) is 12.1 Å². The van der Waals surface area contributed by atoms with E-state index < -0.39 is 4.92 Å². The van der Waals surface area contributed by atoms with Crippen molar-refractivity contribution in [1.82, 2.24) is 0 Å². The van der Waals surface area contributed by atoms with E-state index in [1.807, 2.05) is 0 Å². The summed E-state index contributed by atoms with van der Waals surface area (Å²) in [4.78, 5) is 21.1. The van der Waals surface area contributed by atoms with Crippen molar-refractivity contribution in [2.45, 2.75) is 18.8 Å². The predicted molar refractivity (Wildman–Crippen MR) is 69.2 cm³/mol.